The number of hydrogen-bond donors (Lipinski definition) is 0. The van der Waals surface area contributed by atoms with Gasteiger partial charge in [0.25, 0.3) is 0 Å². The predicted molar refractivity (Wildman–Crippen MR) is 62.9 cm³/mol. The standard InChI is InChI=1S/C11H13ClOS/c1-2-10(13)8-14-7-9-5-3-4-6-11(9)12/h3-6H,2,7-8H2,1H3. The summed E-state index contributed by atoms with van der Waals surface area (Å²) in [4.78, 5) is 11.0. The van der Waals surface area contributed by atoms with Gasteiger partial charge in [-0.15, -0.1) is 11.8 Å². The molecule has 0 aromatic heterocycles. The second-order valence-corrected chi connectivity index (χ2v) is 4.37. The van der Waals surface area contributed by atoms with Crippen LogP contribution < -0.4 is 0 Å². The number of benzene rings is 1. The Morgan fingerprint density at radius 2 is 2.14 bits per heavy atom. The van der Waals surface area contributed by atoms with Gasteiger partial charge in [-0.3, -0.25) is 4.79 Å². The molecule has 0 saturated heterocycles. The van der Waals surface area contributed by atoms with Gasteiger partial charge in [-0.25, -0.2) is 0 Å². The summed E-state index contributed by atoms with van der Waals surface area (Å²) in [5.41, 5.74) is 1.10. The quantitative estimate of drug-likeness (QED) is 0.767. The lowest BCUT2D eigenvalue weighted by Gasteiger charge is -2.02. The molecule has 1 nitrogen and oxygen atoms in total. The average Bonchev–Trinajstić information content (AvgIpc) is 2.20. The Morgan fingerprint density at radius 3 is 2.79 bits per heavy atom. The van der Waals surface area contributed by atoms with Crippen LogP contribution in [0.4, 0.5) is 0 Å². The molecule has 1 aromatic rings. The predicted octanol–water partition coefficient (Wildman–Crippen LogP) is 3.55. The van der Waals surface area contributed by atoms with E-state index in [-0.39, 0.29) is 0 Å². The smallest absolute Gasteiger partial charge is 0.142 e. The Morgan fingerprint density at radius 1 is 1.43 bits per heavy atom. The number of ketones is 1. The summed E-state index contributed by atoms with van der Waals surface area (Å²) in [6.45, 7) is 1.89. The summed E-state index contributed by atoms with van der Waals surface area (Å²) in [5.74, 6) is 1.69. The molecule has 0 bridgehead atoms. The van der Waals surface area contributed by atoms with Gasteiger partial charge in [0.15, 0.2) is 0 Å². The molecule has 0 aliphatic rings. The molecule has 0 saturated carbocycles. The van der Waals surface area contributed by atoms with E-state index in [1.54, 1.807) is 11.8 Å². The van der Waals surface area contributed by atoms with Crippen LogP contribution in [0, 0.1) is 0 Å². The van der Waals surface area contributed by atoms with Crippen molar-refractivity contribution in [3.8, 4) is 0 Å². The highest BCUT2D eigenvalue weighted by atomic mass is 35.5. The molecule has 0 unspecified atom stereocenters. The number of Topliss-reactive ketones (excluding diaryl/α,β-unsaturated/α-hetero) is 1. The number of thioether (sulfide) groups is 1. The van der Waals surface area contributed by atoms with Crippen molar-refractivity contribution in [3.63, 3.8) is 0 Å². The Labute approximate surface area is 93.8 Å². The van der Waals surface area contributed by atoms with Crippen LogP contribution in [-0.2, 0) is 10.5 Å². The van der Waals surface area contributed by atoms with E-state index in [1.807, 2.05) is 31.2 Å². The largest absolute Gasteiger partial charge is 0.299 e. The fourth-order valence-corrected chi connectivity index (χ4v) is 2.28. The Hall–Kier alpha value is -0.470. The van der Waals surface area contributed by atoms with Crippen molar-refractivity contribution in [2.75, 3.05) is 5.75 Å². The van der Waals surface area contributed by atoms with Crippen LogP contribution >= 0.6 is 23.4 Å². The van der Waals surface area contributed by atoms with Crippen molar-refractivity contribution in [2.45, 2.75) is 19.1 Å². The maximum Gasteiger partial charge on any atom is 0.142 e. The van der Waals surface area contributed by atoms with E-state index in [0.717, 1.165) is 16.3 Å². The minimum Gasteiger partial charge on any atom is -0.299 e. The molecule has 0 N–H and O–H groups in total. The molecule has 0 atom stereocenters. The van der Waals surface area contributed by atoms with Crippen molar-refractivity contribution in [3.05, 3.63) is 34.9 Å². The zero-order chi connectivity index (χ0) is 10.4. The zero-order valence-electron chi connectivity index (χ0n) is 8.13. The highest BCUT2D eigenvalue weighted by Gasteiger charge is 2.01. The topological polar surface area (TPSA) is 17.1 Å². The summed E-state index contributed by atoms with van der Waals surface area (Å²) < 4.78 is 0. The van der Waals surface area contributed by atoms with E-state index in [2.05, 4.69) is 0 Å². The van der Waals surface area contributed by atoms with E-state index in [9.17, 15) is 4.79 Å². The van der Waals surface area contributed by atoms with Crippen LogP contribution in [0.15, 0.2) is 24.3 Å². The molecule has 3 heteroatoms. The number of hydrogen-bond acceptors (Lipinski definition) is 2. The lowest BCUT2D eigenvalue weighted by molar-refractivity contribution is -0.116. The number of halogens is 1. The highest BCUT2D eigenvalue weighted by Crippen LogP contribution is 2.20. The molecule has 0 aliphatic carbocycles. The summed E-state index contributed by atoms with van der Waals surface area (Å²) >= 11 is 7.59. The SMILES string of the molecule is CCC(=O)CSCc1ccccc1Cl. The summed E-state index contributed by atoms with van der Waals surface area (Å²) in [5, 5.41) is 0.781. The van der Waals surface area contributed by atoms with Crippen LogP contribution in [0.5, 0.6) is 0 Å². The van der Waals surface area contributed by atoms with Crippen molar-refractivity contribution >= 4 is 29.1 Å². The fraction of sp³-hybridized carbons (Fsp3) is 0.364. The fourth-order valence-electron chi connectivity index (χ4n) is 0.992. The van der Waals surface area contributed by atoms with E-state index >= 15 is 0 Å². The molecule has 1 aromatic carbocycles. The van der Waals surface area contributed by atoms with Gasteiger partial charge in [0.05, 0.1) is 5.75 Å². The third-order valence-electron chi connectivity index (χ3n) is 1.87. The van der Waals surface area contributed by atoms with Crippen molar-refractivity contribution in [1.82, 2.24) is 0 Å². The third kappa shape index (κ3) is 3.72. The monoisotopic (exact) mass is 228 g/mol. The summed E-state index contributed by atoms with van der Waals surface area (Å²) in [7, 11) is 0. The minimum absolute atomic E-state index is 0.294. The molecule has 0 amide bonds. The van der Waals surface area contributed by atoms with Gasteiger partial charge in [-0.1, -0.05) is 36.7 Å². The first-order chi connectivity index (χ1) is 6.74. The first-order valence-electron chi connectivity index (χ1n) is 4.57. The molecular weight excluding hydrogens is 216 g/mol. The molecule has 1 rings (SSSR count). The first kappa shape index (κ1) is 11.6. The van der Waals surface area contributed by atoms with Gasteiger partial charge in [0.2, 0.25) is 0 Å². The Balaban J connectivity index is 2.39. The van der Waals surface area contributed by atoms with Crippen molar-refractivity contribution < 1.29 is 4.79 Å². The maximum absolute atomic E-state index is 11.0. The summed E-state index contributed by atoms with van der Waals surface area (Å²) in [6.07, 6.45) is 0.621. The molecule has 0 radical (unpaired) electrons. The van der Waals surface area contributed by atoms with Crippen LogP contribution in [0.2, 0.25) is 5.02 Å². The van der Waals surface area contributed by atoms with Crippen LogP contribution in [0.25, 0.3) is 0 Å². The van der Waals surface area contributed by atoms with Crippen molar-refractivity contribution in [1.29, 1.82) is 0 Å². The maximum atomic E-state index is 11.0. The average molecular weight is 229 g/mol. The summed E-state index contributed by atoms with van der Waals surface area (Å²) in [6, 6.07) is 7.74. The molecule has 0 aliphatic heterocycles. The lowest BCUT2D eigenvalue weighted by atomic mass is 10.2. The van der Waals surface area contributed by atoms with E-state index < -0.39 is 0 Å². The van der Waals surface area contributed by atoms with Gasteiger partial charge in [0, 0.05) is 17.2 Å². The van der Waals surface area contributed by atoms with Gasteiger partial charge >= 0.3 is 0 Å². The van der Waals surface area contributed by atoms with Crippen LogP contribution in [-0.4, -0.2) is 11.5 Å². The molecular formula is C11H13ClOS. The second-order valence-electron chi connectivity index (χ2n) is 2.98. The van der Waals surface area contributed by atoms with Gasteiger partial charge in [-0.05, 0) is 11.6 Å². The van der Waals surface area contributed by atoms with Gasteiger partial charge < -0.3 is 0 Å². The van der Waals surface area contributed by atoms with Gasteiger partial charge in [0.1, 0.15) is 5.78 Å². The number of rotatable bonds is 5. The Kier molecular flexibility index (Phi) is 5.05. The molecule has 14 heavy (non-hydrogen) atoms. The third-order valence-corrected chi connectivity index (χ3v) is 3.28. The van der Waals surface area contributed by atoms with Crippen LogP contribution in [0.1, 0.15) is 18.9 Å². The van der Waals surface area contributed by atoms with Crippen LogP contribution in [0.3, 0.4) is 0 Å². The van der Waals surface area contributed by atoms with E-state index in [0.29, 0.717) is 18.0 Å². The van der Waals surface area contributed by atoms with E-state index in [1.165, 1.54) is 0 Å². The Bertz CT molecular complexity index is 312. The number of carbonyl (C=O) groups excluding carboxylic acids is 1. The molecule has 0 fully saturated rings. The minimum atomic E-state index is 0.294. The first-order valence-corrected chi connectivity index (χ1v) is 6.10. The number of carbonyl (C=O) groups is 1. The highest BCUT2D eigenvalue weighted by molar-refractivity contribution is 7.99. The van der Waals surface area contributed by atoms with E-state index in [4.69, 9.17) is 11.6 Å². The normalized spacial score (nSPS) is 10.1. The van der Waals surface area contributed by atoms with Crippen molar-refractivity contribution in [2.24, 2.45) is 0 Å². The van der Waals surface area contributed by atoms with Gasteiger partial charge in [-0.2, -0.15) is 0 Å². The second kappa shape index (κ2) is 6.10. The molecule has 0 spiro atoms. The molecule has 0 heterocycles. The molecule has 76 valence electrons. The zero-order valence-corrected chi connectivity index (χ0v) is 9.70. The lowest BCUT2D eigenvalue weighted by Crippen LogP contribution is -1.98.